The van der Waals surface area contributed by atoms with Gasteiger partial charge in [-0.15, -0.1) is 24.0 Å². The summed E-state index contributed by atoms with van der Waals surface area (Å²) in [6.45, 7) is 6.26. The van der Waals surface area contributed by atoms with Crippen LogP contribution in [0.4, 0.5) is 4.39 Å². The number of nitrogens with one attached hydrogen (secondary N) is 1. The molecule has 2 saturated heterocycles. The second-order valence-electron chi connectivity index (χ2n) is 7.90. The first-order valence-corrected chi connectivity index (χ1v) is 11.0. The van der Waals surface area contributed by atoms with E-state index in [1.54, 1.807) is 24.1 Å². The Morgan fingerprint density at radius 2 is 1.73 bits per heavy atom. The topological polar surface area (TPSA) is 73.6 Å². The third kappa shape index (κ3) is 6.45. The molecule has 1 aromatic heterocycles. The number of hydrogen-bond donors (Lipinski definition) is 1. The normalized spacial score (nSPS) is 18.5. The first-order valence-electron chi connectivity index (χ1n) is 11.0. The standard InChI is InChI=1S/C23H30FN5O3.HI/c1-25-23(29-10-8-28(9-11-29)22(30)21-3-2-14-32-21)26-17-20(27-12-15-31-16-13-27)18-4-6-19(24)7-5-18;/h2-7,14,20H,8-13,15-17H2,1H3,(H,25,26);1H. The number of morpholine rings is 1. The van der Waals surface area contributed by atoms with Crippen LogP contribution in [0.15, 0.2) is 52.1 Å². The number of ether oxygens (including phenoxy) is 1. The van der Waals surface area contributed by atoms with Crippen LogP contribution in [0, 0.1) is 5.82 Å². The van der Waals surface area contributed by atoms with Crippen LogP contribution in [0.2, 0.25) is 0 Å². The summed E-state index contributed by atoms with van der Waals surface area (Å²) < 4.78 is 24.2. The summed E-state index contributed by atoms with van der Waals surface area (Å²) in [6, 6.07) is 10.2. The van der Waals surface area contributed by atoms with Gasteiger partial charge in [-0.1, -0.05) is 12.1 Å². The Morgan fingerprint density at radius 3 is 2.33 bits per heavy atom. The zero-order valence-electron chi connectivity index (χ0n) is 18.8. The molecule has 0 aliphatic carbocycles. The van der Waals surface area contributed by atoms with E-state index in [9.17, 15) is 9.18 Å². The molecule has 2 fully saturated rings. The smallest absolute Gasteiger partial charge is 0.289 e. The molecule has 180 valence electrons. The molecule has 1 amide bonds. The van der Waals surface area contributed by atoms with Crippen molar-refractivity contribution in [3.05, 3.63) is 59.8 Å². The van der Waals surface area contributed by atoms with Gasteiger partial charge < -0.3 is 24.3 Å². The Hall–Kier alpha value is -2.18. The zero-order chi connectivity index (χ0) is 22.3. The molecule has 8 nitrogen and oxygen atoms in total. The number of amides is 1. The van der Waals surface area contributed by atoms with Gasteiger partial charge in [-0.25, -0.2) is 4.39 Å². The van der Waals surface area contributed by atoms with Crippen molar-refractivity contribution < 1.29 is 18.3 Å². The summed E-state index contributed by atoms with van der Waals surface area (Å²) in [6.07, 6.45) is 1.52. The van der Waals surface area contributed by atoms with E-state index in [0.717, 1.165) is 24.6 Å². The van der Waals surface area contributed by atoms with Crippen molar-refractivity contribution >= 4 is 35.8 Å². The van der Waals surface area contributed by atoms with Crippen molar-refractivity contribution in [2.45, 2.75) is 6.04 Å². The van der Waals surface area contributed by atoms with Crippen LogP contribution in [0.1, 0.15) is 22.2 Å². The fourth-order valence-corrected chi connectivity index (χ4v) is 4.23. The molecule has 3 heterocycles. The number of guanidine groups is 1. The molecule has 0 radical (unpaired) electrons. The van der Waals surface area contributed by atoms with Gasteiger partial charge in [0.15, 0.2) is 11.7 Å². The molecule has 1 N–H and O–H groups in total. The van der Waals surface area contributed by atoms with Crippen molar-refractivity contribution in [1.82, 2.24) is 20.0 Å². The number of carbonyl (C=O) groups excluding carboxylic acids is 1. The quantitative estimate of drug-likeness (QED) is 0.338. The number of nitrogens with zero attached hydrogens (tertiary/aromatic N) is 4. The lowest BCUT2D eigenvalue weighted by atomic mass is 10.0. The van der Waals surface area contributed by atoms with Gasteiger partial charge in [-0.3, -0.25) is 14.7 Å². The molecule has 1 unspecified atom stereocenters. The van der Waals surface area contributed by atoms with E-state index in [1.807, 2.05) is 12.1 Å². The van der Waals surface area contributed by atoms with E-state index in [1.165, 1.54) is 18.4 Å². The number of aliphatic imine (C=N–C) groups is 1. The van der Waals surface area contributed by atoms with Gasteiger partial charge in [0.1, 0.15) is 5.82 Å². The van der Waals surface area contributed by atoms with Gasteiger partial charge in [0.05, 0.1) is 25.5 Å². The highest BCUT2D eigenvalue weighted by Crippen LogP contribution is 2.22. The number of rotatable bonds is 5. The Kier molecular flexibility index (Phi) is 9.51. The van der Waals surface area contributed by atoms with Crippen molar-refractivity contribution in [3.63, 3.8) is 0 Å². The Morgan fingerprint density at radius 1 is 1.06 bits per heavy atom. The van der Waals surface area contributed by atoms with E-state index in [0.29, 0.717) is 51.7 Å². The molecule has 0 saturated carbocycles. The van der Waals surface area contributed by atoms with Crippen LogP contribution in [-0.4, -0.2) is 92.6 Å². The fraction of sp³-hybridized carbons (Fsp3) is 0.478. The Bertz CT molecular complexity index is 895. The molecule has 2 aliphatic rings. The number of hydrogen-bond acceptors (Lipinski definition) is 5. The van der Waals surface area contributed by atoms with Crippen molar-refractivity contribution in [3.8, 4) is 0 Å². The maximum absolute atomic E-state index is 13.5. The van der Waals surface area contributed by atoms with E-state index < -0.39 is 0 Å². The summed E-state index contributed by atoms with van der Waals surface area (Å²) in [5.74, 6) is 0.852. The Labute approximate surface area is 210 Å². The van der Waals surface area contributed by atoms with Crippen LogP contribution in [0.3, 0.4) is 0 Å². The maximum atomic E-state index is 13.5. The first-order chi connectivity index (χ1) is 15.7. The highest BCUT2D eigenvalue weighted by Gasteiger charge is 2.27. The lowest BCUT2D eigenvalue weighted by molar-refractivity contribution is 0.0168. The summed E-state index contributed by atoms with van der Waals surface area (Å²) in [7, 11) is 1.77. The third-order valence-electron chi connectivity index (χ3n) is 6.00. The van der Waals surface area contributed by atoms with Crippen LogP contribution in [-0.2, 0) is 4.74 Å². The zero-order valence-corrected chi connectivity index (χ0v) is 21.1. The predicted molar refractivity (Wildman–Crippen MR) is 134 cm³/mol. The maximum Gasteiger partial charge on any atom is 0.289 e. The SMILES string of the molecule is CN=C(NCC(c1ccc(F)cc1)N1CCOCC1)N1CCN(C(=O)c2ccco2)CC1.I. The molecule has 33 heavy (non-hydrogen) atoms. The third-order valence-corrected chi connectivity index (χ3v) is 6.00. The summed E-state index contributed by atoms with van der Waals surface area (Å²) in [4.78, 5) is 23.3. The first kappa shape index (κ1) is 25.4. The van der Waals surface area contributed by atoms with Crippen molar-refractivity contribution in [2.75, 3.05) is 66.1 Å². The average Bonchev–Trinajstić information content (AvgIpc) is 3.38. The molecule has 0 spiro atoms. The Balaban J connectivity index is 0.00000306. The molecule has 2 aliphatic heterocycles. The minimum Gasteiger partial charge on any atom is -0.459 e. The fourth-order valence-electron chi connectivity index (χ4n) is 4.23. The lowest BCUT2D eigenvalue weighted by Gasteiger charge is -2.38. The van der Waals surface area contributed by atoms with E-state index in [2.05, 4.69) is 20.1 Å². The van der Waals surface area contributed by atoms with Gasteiger partial charge in [-0.05, 0) is 29.8 Å². The molecule has 4 rings (SSSR count). The molecular formula is C23H31FIN5O3. The number of carbonyl (C=O) groups is 1. The predicted octanol–water partition coefficient (Wildman–Crippen LogP) is 2.44. The van der Waals surface area contributed by atoms with E-state index >= 15 is 0 Å². The average molecular weight is 571 g/mol. The van der Waals surface area contributed by atoms with Gasteiger partial charge in [0.2, 0.25) is 0 Å². The molecule has 2 aromatic rings. The minimum absolute atomic E-state index is 0. The lowest BCUT2D eigenvalue weighted by Crippen LogP contribution is -2.54. The van der Waals surface area contributed by atoms with Gasteiger partial charge in [0.25, 0.3) is 5.91 Å². The summed E-state index contributed by atoms with van der Waals surface area (Å²) >= 11 is 0. The second-order valence-corrected chi connectivity index (χ2v) is 7.90. The largest absolute Gasteiger partial charge is 0.459 e. The van der Waals surface area contributed by atoms with Crippen LogP contribution >= 0.6 is 24.0 Å². The highest BCUT2D eigenvalue weighted by molar-refractivity contribution is 14.0. The highest BCUT2D eigenvalue weighted by atomic mass is 127. The van der Waals surface area contributed by atoms with Gasteiger partial charge in [0, 0.05) is 52.9 Å². The number of furan rings is 1. The summed E-state index contributed by atoms with van der Waals surface area (Å²) in [5, 5.41) is 3.50. The van der Waals surface area contributed by atoms with Gasteiger partial charge >= 0.3 is 0 Å². The van der Waals surface area contributed by atoms with E-state index in [-0.39, 0.29) is 41.7 Å². The molecule has 10 heteroatoms. The van der Waals surface area contributed by atoms with Gasteiger partial charge in [-0.2, -0.15) is 0 Å². The number of halogens is 2. The minimum atomic E-state index is -0.236. The van der Waals surface area contributed by atoms with Crippen LogP contribution in [0.25, 0.3) is 0 Å². The van der Waals surface area contributed by atoms with E-state index in [4.69, 9.17) is 9.15 Å². The molecule has 0 bridgehead atoms. The molecular weight excluding hydrogens is 540 g/mol. The monoisotopic (exact) mass is 571 g/mol. The molecule has 1 aromatic carbocycles. The van der Waals surface area contributed by atoms with Crippen LogP contribution in [0.5, 0.6) is 0 Å². The molecule has 1 atom stereocenters. The van der Waals surface area contributed by atoms with Crippen LogP contribution < -0.4 is 5.32 Å². The number of benzene rings is 1. The van der Waals surface area contributed by atoms with Crippen molar-refractivity contribution in [1.29, 1.82) is 0 Å². The van der Waals surface area contributed by atoms with Crippen molar-refractivity contribution in [2.24, 2.45) is 4.99 Å². The summed E-state index contributed by atoms with van der Waals surface area (Å²) in [5.41, 5.74) is 1.06. The number of piperazine rings is 1. The second kappa shape index (κ2) is 12.3.